The third-order valence-electron chi connectivity index (χ3n) is 5.76. The van der Waals surface area contributed by atoms with E-state index in [0.717, 1.165) is 45.6 Å². The van der Waals surface area contributed by atoms with Gasteiger partial charge in [-0.2, -0.15) is 0 Å². The lowest BCUT2D eigenvalue weighted by Gasteiger charge is -2.34. The Kier molecular flexibility index (Phi) is 5.77. The quantitative estimate of drug-likeness (QED) is 0.703. The van der Waals surface area contributed by atoms with Crippen LogP contribution in [0.5, 0.6) is 0 Å². The highest BCUT2D eigenvalue weighted by molar-refractivity contribution is 5.83. The number of aromatic nitrogens is 1. The van der Waals surface area contributed by atoms with Crippen molar-refractivity contribution in [2.75, 3.05) is 26.2 Å². The second kappa shape index (κ2) is 8.61. The summed E-state index contributed by atoms with van der Waals surface area (Å²) in [6.45, 7) is 6.70. The van der Waals surface area contributed by atoms with Gasteiger partial charge in [0.25, 0.3) is 0 Å². The normalized spacial score (nSPS) is 15.2. The van der Waals surface area contributed by atoms with E-state index < -0.39 is 0 Å². The summed E-state index contributed by atoms with van der Waals surface area (Å²) in [5.74, 6) is 0.301. The summed E-state index contributed by atoms with van der Waals surface area (Å²) in [5, 5.41) is 1.28. The van der Waals surface area contributed by atoms with E-state index in [2.05, 4.69) is 65.5 Å². The fraction of sp³-hybridized carbons (Fsp3) is 0.375. The molecule has 0 bridgehead atoms. The Hall–Kier alpha value is -2.59. The van der Waals surface area contributed by atoms with Gasteiger partial charge in [-0.3, -0.25) is 9.69 Å². The molecule has 4 heteroatoms. The molecular weight excluding hydrogens is 346 g/mol. The van der Waals surface area contributed by atoms with E-state index in [0.29, 0.717) is 12.3 Å². The van der Waals surface area contributed by atoms with Crippen LogP contribution < -0.4 is 0 Å². The molecule has 0 radical (unpaired) electrons. The number of carbonyl (C=O) groups is 1. The van der Waals surface area contributed by atoms with E-state index in [4.69, 9.17) is 0 Å². The van der Waals surface area contributed by atoms with Gasteiger partial charge < -0.3 is 9.88 Å². The molecule has 28 heavy (non-hydrogen) atoms. The van der Waals surface area contributed by atoms with Crippen molar-refractivity contribution in [3.05, 3.63) is 71.4 Å². The molecule has 0 unspecified atom stereocenters. The van der Waals surface area contributed by atoms with Gasteiger partial charge in [0.1, 0.15) is 0 Å². The number of nitrogens with zero attached hydrogens (tertiary/aromatic N) is 2. The second-order valence-electron chi connectivity index (χ2n) is 7.86. The van der Waals surface area contributed by atoms with Crippen LogP contribution in [0.4, 0.5) is 0 Å². The number of aryl methyl sites for hydroxylation is 2. The van der Waals surface area contributed by atoms with Crippen LogP contribution in [-0.4, -0.2) is 46.9 Å². The van der Waals surface area contributed by atoms with Gasteiger partial charge in [0.05, 0.1) is 0 Å². The van der Waals surface area contributed by atoms with Crippen molar-refractivity contribution in [1.29, 1.82) is 0 Å². The van der Waals surface area contributed by atoms with E-state index in [1.165, 1.54) is 27.6 Å². The number of nitrogens with one attached hydrogen (secondary N) is 1. The van der Waals surface area contributed by atoms with Crippen LogP contribution in [0.15, 0.2) is 54.7 Å². The summed E-state index contributed by atoms with van der Waals surface area (Å²) >= 11 is 0. The number of H-pyrrole nitrogens is 1. The maximum atomic E-state index is 12.6. The molecule has 1 aromatic heterocycles. The van der Waals surface area contributed by atoms with E-state index in [1.54, 1.807) is 0 Å². The second-order valence-corrected chi connectivity index (χ2v) is 7.86. The predicted octanol–water partition coefficient (Wildman–Crippen LogP) is 4.14. The maximum Gasteiger partial charge on any atom is 0.222 e. The van der Waals surface area contributed by atoms with Crippen LogP contribution >= 0.6 is 0 Å². The number of amides is 1. The Balaban J connectivity index is 1.21. The van der Waals surface area contributed by atoms with E-state index in [1.807, 2.05) is 11.0 Å². The molecule has 1 aliphatic heterocycles. The number of hydrogen-bond donors (Lipinski definition) is 1. The summed E-state index contributed by atoms with van der Waals surface area (Å²) in [7, 11) is 0. The lowest BCUT2D eigenvalue weighted by Crippen LogP contribution is -2.48. The highest BCUT2D eigenvalue weighted by Crippen LogP contribution is 2.20. The van der Waals surface area contributed by atoms with Gasteiger partial charge in [-0.1, -0.05) is 48.0 Å². The number of rotatable bonds is 6. The predicted molar refractivity (Wildman–Crippen MR) is 114 cm³/mol. The van der Waals surface area contributed by atoms with Crippen LogP contribution in [0.3, 0.4) is 0 Å². The SMILES string of the molecule is Cc1ccc(CN2CCN(C(=O)CCCc3c[nH]c4ccccc34)CC2)cc1. The zero-order chi connectivity index (χ0) is 19.3. The highest BCUT2D eigenvalue weighted by atomic mass is 16.2. The molecule has 146 valence electrons. The monoisotopic (exact) mass is 375 g/mol. The average molecular weight is 376 g/mol. The summed E-state index contributed by atoms with van der Waals surface area (Å²) in [5.41, 5.74) is 5.13. The van der Waals surface area contributed by atoms with Gasteiger partial charge in [-0.15, -0.1) is 0 Å². The molecule has 4 rings (SSSR count). The number of para-hydroxylation sites is 1. The minimum atomic E-state index is 0.301. The van der Waals surface area contributed by atoms with Crippen LogP contribution in [0.2, 0.25) is 0 Å². The molecule has 1 amide bonds. The van der Waals surface area contributed by atoms with Gasteiger partial charge in [0, 0.05) is 56.2 Å². The smallest absolute Gasteiger partial charge is 0.222 e. The summed E-state index contributed by atoms with van der Waals surface area (Å²) in [6.07, 6.45) is 4.57. The van der Waals surface area contributed by atoms with Gasteiger partial charge >= 0.3 is 0 Å². The summed E-state index contributed by atoms with van der Waals surface area (Å²) in [6, 6.07) is 17.1. The van der Waals surface area contributed by atoms with Crippen molar-refractivity contribution in [1.82, 2.24) is 14.8 Å². The first-order valence-electron chi connectivity index (χ1n) is 10.3. The van der Waals surface area contributed by atoms with Crippen LogP contribution in [-0.2, 0) is 17.8 Å². The molecule has 1 N–H and O–H groups in total. The molecule has 0 atom stereocenters. The Bertz CT molecular complexity index is 920. The van der Waals surface area contributed by atoms with Crippen molar-refractivity contribution < 1.29 is 4.79 Å². The lowest BCUT2D eigenvalue weighted by atomic mass is 10.1. The minimum absolute atomic E-state index is 0.301. The number of carbonyl (C=O) groups excluding carboxylic acids is 1. The van der Waals surface area contributed by atoms with Crippen molar-refractivity contribution in [2.24, 2.45) is 0 Å². The molecule has 1 saturated heterocycles. The standard InChI is InChI=1S/C24H29N3O/c1-19-9-11-20(12-10-19)18-26-13-15-27(16-14-26)24(28)8-4-5-21-17-25-23-7-3-2-6-22(21)23/h2-3,6-7,9-12,17,25H,4-5,8,13-16,18H2,1H3. The number of aromatic amines is 1. The molecule has 0 saturated carbocycles. The first kappa shape index (κ1) is 18.8. The molecule has 2 aromatic carbocycles. The third kappa shape index (κ3) is 4.45. The Morgan fingerprint density at radius 2 is 1.75 bits per heavy atom. The summed E-state index contributed by atoms with van der Waals surface area (Å²) < 4.78 is 0. The van der Waals surface area contributed by atoms with Crippen LogP contribution in [0.25, 0.3) is 10.9 Å². The fourth-order valence-corrected chi connectivity index (χ4v) is 4.03. The van der Waals surface area contributed by atoms with Gasteiger partial charge in [-0.25, -0.2) is 0 Å². The average Bonchev–Trinajstić information content (AvgIpc) is 3.13. The van der Waals surface area contributed by atoms with E-state index in [-0.39, 0.29) is 0 Å². The Labute approximate surface area is 167 Å². The van der Waals surface area contributed by atoms with Gasteiger partial charge in [0.2, 0.25) is 5.91 Å². The number of piperazine rings is 1. The van der Waals surface area contributed by atoms with Gasteiger partial charge in [-0.05, 0) is 37.0 Å². The summed E-state index contributed by atoms with van der Waals surface area (Å²) in [4.78, 5) is 20.4. The van der Waals surface area contributed by atoms with Crippen LogP contribution in [0, 0.1) is 6.92 Å². The molecule has 0 aliphatic carbocycles. The molecular formula is C24H29N3O. The van der Waals surface area contributed by atoms with Crippen molar-refractivity contribution in [3.63, 3.8) is 0 Å². The first-order chi connectivity index (χ1) is 13.7. The molecule has 1 fully saturated rings. The molecule has 2 heterocycles. The lowest BCUT2D eigenvalue weighted by molar-refractivity contribution is -0.133. The molecule has 3 aromatic rings. The molecule has 4 nitrogen and oxygen atoms in total. The fourth-order valence-electron chi connectivity index (χ4n) is 4.03. The van der Waals surface area contributed by atoms with Crippen molar-refractivity contribution in [2.45, 2.75) is 32.7 Å². The zero-order valence-electron chi connectivity index (χ0n) is 16.7. The van der Waals surface area contributed by atoms with Crippen molar-refractivity contribution in [3.8, 4) is 0 Å². The zero-order valence-corrected chi connectivity index (χ0v) is 16.7. The minimum Gasteiger partial charge on any atom is -0.361 e. The molecule has 0 spiro atoms. The maximum absolute atomic E-state index is 12.6. The molecule has 1 aliphatic rings. The Morgan fingerprint density at radius 1 is 1.00 bits per heavy atom. The third-order valence-corrected chi connectivity index (χ3v) is 5.76. The topological polar surface area (TPSA) is 39.3 Å². The number of benzene rings is 2. The van der Waals surface area contributed by atoms with Crippen LogP contribution in [0.1, 0.15) is 29.5 Å². The first-order valence-corrected chi connectivity index (χ1v) is 10.3. The number of hydrogen-bond acceptors (Lipinski definition) is 2. The van der Waals surface area contributed by atoms with Crippen molar-refractivity contribution >= 4 is 16.8 Å². The highest BCUT2D eigenvalue weighted by Gasteiger charge is 2.20. The van der Waals surface area contributed by atoms with E-state index in [9.17, 15) is 4.79 Å². The largest absolute Gasteiger partial charge is 0.361 e. The van der Waals surface area contributed by atoms with E-state index >= 15 is 0 Å². The number of fused-ring (bicyclic) bond motifs is 1. The van der Waals surface area contributed by atoms with Gasteiger partial charge in [0.15, 0.2) is 0 Å². The Morgan fingerprint density at radius 3 is 2.54 bits per heavy atom.